The number of sulfonamides is 1. The Bertz CT molecular complexity index is 539. The Morgan fingerprint density at radius 3 is 2.25 bits per heavy atom. The molecule has 0 radical (unpaired) electrons. The third kappa shape index (κ3) is 4.40. The van der Waals surface area contributed by atoms with E-state index in [0.717, 1.165) is 17.9 Å². The summed E-state index contributed by atoms with van der Waals surface area (Å²) < 4.78 is 24.8. The molecular weight excluding hydrogens is 272 g/mol. The minimum absolute atomic E-state index is 0.507. The van der Waals surface area contributed by atoms with E-state index in [1.54, 1.807) is 12.1 Å². The van der Waals surface area contributed by atoms with Crippen LogP contribution in [0.1, 0.15) is 33.1 Å². The predicted octanol–water partition coefficient (Wildman–Crippen LogP) is 3.29. The summed E-state index contributed by atoms with van der Waals surface area (Å²) in [7, 11) is -3.20. The van der Waals surface area contributed by atoms with Crippen LogP contribution in [0.15, 0.2) is 24.3 Å². The molecule has 1 saturated carbocycles. The molecule has 3 atom stereocenters. The van der Waals surface area contributed by atoms with Crippen LogP contribution in [0, 0.1) is 11.8 Å². The molecule has 5 heteroatoms. The molecule has 20 heavy (non-hydrogen) atoms. The van der Waals surface area contributed by atoms with Crippen molar-refractivity contribution in [2.75, 3.05) is 16.3 Å². The van der Waals surface area contributed by atoms with Gasteiger partial charge in [-0.3, -0.25) is 4.72 Å². The first kappa shape index (κ1) is 15.2. The Hall–Kier alpha value is -1.23. The summed E-state index contributed by atoms with van der Waals surface area (Å²) in [5, 5.41) is 3.57. The van der Waals surface area contributed by atoms with Gasteiger partial charge in [0.25, 0.3) is 0 Å². The minimum Gasteiger partial charge on any atom is -0.382 e. The Morgan fingerprint density at radius 1 is 1.05 bits per heavy atom. The number of benzene rings is 1. The number of hydrogen-bond donors (Lipinski definition) is 2. The maximum Gasteiger partial charge on any atom is 0.229 e. The molecule has 0 aromatic heterocycles. The molecule has 1 aliphatic carbocycles. The van der Waals surface area contributed by atoms with E-state index in [4.69, 9.17) is 0 Å². The summed E-state index contributed by atoms with van der Waals surface area (Å²) in [4.78, 5) is 0. The van der Waals surface area contributed by atoms with Crippen molar-refractivity contribution in [1.29, 1.82) is 0 Å². The maximum atomic E-state index is 11.2. The van der Waals surface area contributed by atoms with E-state index in [9.17, 15) is 8.42 Å². The highest BCUT2D eigenvalue weighted by molar-refractivity contribution is 7.92. The lowest BCUT2D eigenvalue weighted by Gasteiger charge is -2.34. The van der Waals surface area contributed by atoms with Gasteiger partial charge in [-0.2, -0.15) is 0 Å². The molecule has 1 aromatic carbocycles. The second-order valence-corrected chi connectivity index (χ2v) is 7.85. The normalized spacial score (nSPS) is 27.1. The van der Waals surface area contributed by atoms with E-state index in [1.165, 1.54) is 19.3 Å². The third-order valence-corrected chi connectivity index (χ3v) is 4.60. The first-order chi connectivity index (χ1) is 9.33. The first-order valence-electron chi connectivity index (χ1n) is 7.18. The van der Waals surface area contributed by atoms with Crippen molar-refractivity contribution < 1.29 is 8.42 Å². The number of anilines is 2. The van der Waals surface area contributed by atoms with Crippen molar-refractivity contribution >= 4 is 21.4 Å². The van der Waals surface area contributed by atoms with Crippen LogP contribution in [-0.4, -0.2) is 20.7 Å². The molecule has 4 nitrogen and oxygen atoms in total. The summed E-state index contributed by atoms with van der Waals surface area (Å²) in [6.45, 7) is 4.60. The Morgan fingerprint density at radius 2 is 1.65 bits per heavy atom. The Balaban J connectivity index is 1.99. The van der Waals surface area contributed by atoms with Crippen LogP contribution in [0.2, 0.25) is 0 Å². The van der Waals surface area contributed by atoms with Crippen molar-refractivity contribution in [3.8, 4) is 0 Å². The van der Waals surface area contributed by atoms with E-state index in [1.807, 2.05) is 12.1 Å². The average Bonchev–Trinajstić information content (AvgIpc) is 2.34. The quantitative estimate of drug-likeness (QED) is 0.896. The fourth-order valence-corrected chi connectivity index (χ4v) is 3.36. The van der Waals surface area contributed by atoms with Crippen LogP contribution >= 0.6 is 0 Å². The van der Waals surface area contributed by atoms with Crippen LogP contribution in [0.25, 0.3) is 0 Å². The molecule has 0 amide bonds. The molecule has 1 aliphatic rings. The number of hydrogen-bond acceptors (Lipinski definition) is 3. The molecule has 3 unspecified atom stereocenters. The van der Waals surface area contributed by atoms with Gasteiger partial charge in [0.2, 0.25) is 10.0 Å². The molecule has 0 aliphatic heterocycles. The molecule has 2 N–H and O–H groups in total. The van der Waals surface area contributed by atoms with Gasteiger partial charge in [-0.15, -0.1) is 0 Å². The van der Waals surface area contributed by atoms with Crippen LogP contribution in [0.3, 0.4) is 0 Å². The lowest BCUT2D eigenvalue weighted by Crippen LogP contribution is -2.33. The Kier molecular flexibility index (Phi) is 4.58. The smallest absolute Gasteiger partial charge is 0.229 e. The monoisotopic (exact) mass is 296 g/mol. The zero-order valence-electron chi connectivity index (χ0n) is 12.4. The largest absolute Gasteiger partial charge is 0.382 e. The van der Waals surface area contributed by atoms with E-state index < -0.39 is 10.0 Å². The fraction of sp³-hybridized carbons (Fsp3) is 0.600. The van der Waals surface area contributed by atoms with Gasteiger partial charge in [0.05, 0.1) is 6.26 Å². The maximum absolute atomic E-state index is 11.2. The lowest BCUT2D eigenvalue weighted by molar-refractivity contribution is 0.281. The van der Waals surface area contributed by atoms with Crippen molar-refractivity contribution in [3.05, 3.63) is 24.3 Å². The predicted molar refractivity (Wildman–Crippen MR) is 84.5 cm³/mol. The summed E-state index contributed by atoms with van der Waals surface area (Å²) in [6.07, 6.45) is 4.94. The SMILES string of the molecule is CC1CCC(C)C(Nc2ccc(NS(C)(=O)=O)cc2)C1. The van der Waals surface area contributed by atoms with Crippen molar-refractivity contribution in [1.82, 2.24) is 0 Å². The molecular formula is C15H24N2O2S. The minimum atomic E-state index is -3.20. The second-order valence-electron chi connectivity index (χ2n) is 6.10. The molecule has 0 heterocycles. The van der Waals surface area contributed by atoms with Crippen LogP contribution in [0.4, 0.5) is 11.4 Å². The highest BCUT2D eigenvalue weighted by Gasteiger charge is 2.25. The summed E-state index contributed by atoms with van der Waals surface area (Å²) in [5.74, 6) is 1.45. The van der Waals surface area contributed by atoms with Gasteiger partial charge in [0, 0.05) is 17.4 Å². The zero-order valence-corrected chi connectivity index (χ0v) is 13.2. The molecule has 0 saturated heterocycles. The van der Waals surface area contributed by atoms with Gasteiger partial charge < -0.3 is 5.32 Å². The van der Waals surface area contributed by atoms with Gasteiger partial charge >= 0.3 is 0 Å². The van der Waals surface area contributed by atoms with E-state index in [0.29, 0.717) is 17.6 Å². The van der Waals surface area contributed by atoms with Crippen LogP contribution in [-0.2, 0) is 10.0 Å². The summed E-state index contributed by atoms with van der Waals surface area (Å²) >= 11 is 0. The Labute approximate surface area is 122 Å². The number of nitrogens with one attached hydrogen (secondary N) is 2. The van der Waals surface area contributed by atoms with Crippen LogP contribution in [0.5, 0.6) is 0 Å². The highest BCUT2D eigenvalue weighted by atomic mass is 32.2. The highest BCUT2D eigenvalue weighted by Crippen LogP contribution is 2.30. The van der Waals surface area contributed by atoms with E-state index in [2.05, 4.69) is 23.9 Å². The van der Waals surface area contributed by atoms with E-state index >= 15 is 0 Å². The van der Waals surface area contributed by atoms with Crippen molar-refractivity contribution in [2.24, 2.45) is 11.8 Å². The lowest BCUT2D eigenvalue weighted by atomic mass is 9.80. The second kappa shape index (κ2) is 6.04. The zero-order chi connectivity index (χ0) is 14.8. The van der Waals surface area contributed by atoms with Gasteiger partial charge in [0.15, 0.2) is 0 Å². The molecule has 0 bridgehead atoms. The molecule has 1 fully saturated rings. The molecule has 1 aromatic rings. The fourth-order valence-electron chi connectivity index (χ4n) is 2.80. The first-order valence-corrected chi connectivity index (χ1v) is 9.07. The van der Waals surface area contributed by atoms with Gasteiger partial charge in [-0.1, -0.05) is 20.3 Å². The van der Waals surface area contributed by atoms with Crippen molar-refractivity contribution in [2.45, 2.75) is 39.2 Å². The van der Waals surface area contributed by atoms with E-state index in [-0.39, 0.29) is 0 Å². The van der Waals surface area contributed by atoms with Gasteiger partial charge in [0.1, 0.15) is 0 Å². The van der Waals surface area contributed by atoms with Crippen LogP contribution < -0.4 is 10.0 Å². The standard InChI is InChI=1S/C15H24N2O2S/c1-11-4-5-12(2)15(10-11)16-13-6-8-14(9-7-13)17-20(3,18)19/h6-9,11-12,15-17H,4-5,10H2,1-3H3. The molecule has 0 spiro atoms. The van der Waals surface area contributed by atoms with Crippen molar-refractivity contribution in [3.63, 3.8) is 0 Å². The average molecular weight is 296 g/mol. The summed E-state index contributed by atoms with van der Waals surface area (Å²) in [5.41, 5.74) is 1.65. The topological polar surface area (TPSA) is 58.2 Å². The number of rotatable bonds is 4. The van der Waals surface area contributed by atoms with Gasteiger partial charge in [-0.05, 0) is 48.9 Å². The molecule has 2 rings (SSSR count). The summed E-state index contributed by atoms with van der Waals surface area (Å²) in [6, 6.07) is 7.95. The third-order valence-electron chi connectivity index (χ3n) is 4.00. The molecule has 112 valence electrons. The van der Waals surface area contributed by atoms with Gasteiger partial charge in [-0.25, -0.2) is 8.42 Å².